The number of carbonyl (C=O) groups is 2. The largest absolute Gasteiger partial charge is 0.391 e. The highest BCUT2D eigenvalue weighted by molar-refractivity contribution is 6.07. The number of hydrogen-bond donors (Lipinski definition) is 4. The Labute approximate surface area is 217 Å². The second-order valence-electron chi connectivity index (χ2n) is 9.92. The van der Waals surface area contributed by atoms with Crippen LogP contribution in [0.25, 0.3) is 0 Å². The summed E-state index contributed by atoms with van der Waals surface area (Å²) < 4.78 is 0. The van der Waals surface area contributed by atoms with Gasteiger partial charge in [0, 0.05) is 50.5 Å². The average Bonchev–Trinajstić information content (AvgIpc) is 3.46. The van der Waals surface area contributed by atoms with Gasteiger partial charge in [-0.3, -0.25) is 20.6 Å². The van der Waals surface area contributed by atoms with Crippen molar-refractivity contribution in [2.75, 3.05) is 19.6 Å². The number of amidine groups is 2. The van der Waals surface area contributed by atoms with Crippen molar-refractivity contribution >= 4 is 23.6 Å². The number of urea groups is 1. The molecule has 196 valence electrons. The summed E-state index contributed by atoms with van der Waals surface area (Å²) in [6.07, 6.45) is 9.19. The molecule has 37 heavy (non-hydrogen) atoms. The van der Waals surface area contributed by atoms with Crippen molar-refractivity contribution in [3.8, 4) is 0 Å². The summed E-state index contributed by atoms with van der Waals surface area (Å²) in [5, 5.41) is 28.9. The molecule has 0 radical (unpaired) electrons. The Morgan fingerprint density at radius 3 is 2.68 bits per heavy atom. The molecule has 0 spiro atoms. The number of aliphatic hydroxyl groups excluding tert-OH is 1. The number of rotatable bonds is 5. The second-order valence-corrected chi connectivity index (χ2v) is 9.92. The Balaban J connectivity index is 1.34. The molecule has 2 saturated heterocycles. The van der Waals surface area contributed by atoms with Gasteiger partial charge in [-0.1, -0.05) is 18.7 Å². The van der Waals surface area contributed by atoms with Gasteiger partial charge in [0.15, 0.2) is 0 Å². The van der Waals surface area contributed by atoms with Crippen molar-refractivity contribution in [1.82, 2.24) is 25.0 Å². The third kappa shape index (κ3) is 5.96. The topological polar surface area (TPSA) is 137 Å². The Bertz CT molecular complexity index is 1190. The van der Waals surface area contributed by atoms with Crippen LogP contribution in [0.5, 0.6) is 0 Å². The van der Waals surface area contributed by atoms with Gasteiger partial charge in [0.1, 0.15) is 17.4 Å². The van der Waals surface area contributed by atoms with E-state index >= 15 is 0 Å². The summed E-state index contributed by atoms with van der Waals surface area (Å²) in [6, 6.07) is 1.78. The molecule has 4 rings (SSSR count). The molecule has 0 aliphatic carbocycles. The highest BCUT2D eigenvalue weighted by atomic mass is 16.3. The van der Waals surface area contributed by atoms with E-state index in [0.717, 1.165) is 17.5 Å². The van der Waals surface area contributed by atoms with Gasteiger partial charge in [0.2, 0.25) is 0 Å². The number of aliphatic hydroxyl groups is 1. The molecule has 4 heterocycles. The fourth-order valence-electron chi connectivity index (χ4n) is 4.89. The van der Waals surface area contributed by atoms with E-state index in [9.17, 15) is 14.7 Å². The van der Waals surface area contributed by atoms with Crippen molar-refractivity contribution < 1.29 is 14.7 Å². The van der Waals surface area contributed by atoms with Crippen molar-refractivity contribution in [2.45, 2.75) is 58.2 Å². The zero-order valence-electron chi connectivity index (χ0n) is 21.5. The monoisotopic (exact) mass is 505 g/mol. The third-order valence-electron chi connectivity index (χ3n) is 7.09. The molecule has 2 fully saturated rings. The number of likely N-dealkylation sites (tertiary alicyclic amines) is 2. The first-order valence-electron chi connectivity index (χ1n) is 12.6. The highest BCUT2D eigenvalue weighted by Gasteiger charge is 2.31. The first-order chi connectivity index (χ1) is 17.6. The molecule has 0 saturated carbocycles. The molecule has 1 aromatic rings. The minimum Gasteiger partial charge on any atom is -0.391 e. The maximum atomic E-state index is 12.8. The standard InChI is InChI=1S/C27H35N7O3/c1-17(25(29)34-19(3)7-8-24(34)28)5-4-6-18(2)31-26(36)23-13-21-15-32(11-9-20(21)14-30-23)27(37)33-12-10-22(35)16-33/h4-6,13-14,19,22,28-29,35H,2,7-12,15-16H2,1,3H3,(H,31,36)/b6-4-,17-5+,28-24?,29-25?. The summed E-state index contributed by atoms with van der Waals surface area (Å²) in [5.41, 5.74) is 3.25. The SMILES string of the molecule is C=C(/C=C\C=C(/C)C(=N)N1C(=N)CCC1C)NC(=O)c1cc2c(cn1)CCN(C(=O)N1CCC(O)C1)C2. The first kappa shape index (κ1) is 26.3. The van der Waals surface area contributed by atoms with E-state index in [0.29, 0.717) is 68.4 Å². The number of carbonyl (C=O) groups excluding carboxylic acids is 2. The van der Waals surface area contributed by atoms with Crippen LogP contribution in [0.3, 0.4) is 0 Å². The molecule has 3 amide bonds. The Hall–Kier alpha value is -3.79. The molecule has 0 bridgehead atoms. The molecule has 10 heteroatoms. The van der Waals surface area contributed by atoms with Crippen LogP contribution < -0.4 is 5.32 Å². The number of nitrogens with one attached hydrogen (secondary N) is 3. The van der Waals surface area contributed by atoms with Crippen LogP contribution in [0.1, 0.15) is 54.7 Å². The van der Waals surface area contributed by atoms with E-state index in [1.807, 2.05) is 13.8 Å². The second kappa shape index (κ2) is 11.1. The van der Waals surface area contributed by atoms with Gasteiger partial charge in [-0.05, 0) is 62.0 Å². The molecule has 2 unspecified atom stereocenters. The van der Waals surface area contributed by atoms with Crippen LogP contribution in [-0.2, 0) is 13.0 Å². The molecule has 3 aliphatic rings. The predicted octanol–water partition coefficient (Wildman–Crippen LogP) is 2.81. The summed E-state index contributed by atoms with van der Waals surface area (Å²) in [4.78, 5) is 35.1. The van der Waals surface area contributed by atoms with Gasteiger partial charge in [-0.15, -0.1) is 0 Å². The number of allylic oxidation sites excluding steroid dienone is 3. The number of nitrogens with zero attached hydrogens (tertiary/aromatic N) is 4. The van der Waals surface area contributed by atoms with Crippen LogP contribution in [0.2, 0.25) is 0 Å². The number of hydrogen-bond acceptors (Lipinski definition) is 6. The lowest BCUT2D eigenvalue weighted by Gasteiger charge is -2.32. The van der Waals surface area contributed by atoms with Gasteiger partial charge < -0.3 is 25.1 Å². The molecule has 0 aromatic carbocycles. The maximum Gasteiger partial charge on any atom is 0.320 e. The minimum atomic E-state index is -0.461. The van der Waals surface area contributed by atoms with Crippen molar-refractivity contribution in [1.29, 1.82) is 10.8 Å². The van der Waals surface area contributed by atoms with E-state index in [-0.39, 0.29) is 17.8 Å². The zero-order valence-corrected chi connectivity index (χ0v) is 21.5. The summed E-state index contributed by atoms with van der Waals surface area (Å²) >= 11 is 0. The number of amides is 3. The van der Waals surface area contributed by atoms with Crippen molar-refractivity contribution in [3.05, 3.63) is 65.2 Å². The van der Waals surface area contributed by atoms with Crippen LogP contribution in [0.4, 0.5) is 4.79 Å². The molecule has 2 atom stereocenters. The van der Waals surface area contributed by atoms with Gasteiger partial charge in [0.25, 0.3) is 5.91 Å². The lowest BCUT2D eigenvalue weighted by atomic mass is 10.0. The highest BCUT2D eigenvalue weighted by Crippen LogP contribution is 2.22. The first-order valence-corrected chi connectivity index (χ1v) is 12.6. The van der Waals surface area contributed by atoms with E-state index in [2.05, 4.69) is 16.9 Å². The Kier molecular flexibility index (Phi) is 7.87. The van der Waals surface area contributed by atoms with E-state index in [1.54, 1.807) is 45.2 Å². The fourth-order valence-corrected chi connectivity index (χ4v) is 4.89. The van der Waals surface area contributed by atoms with Crippen LogP contribution in [0, 0.1) is 10.8 Å². The Morgan fingerprint density at radius 1 is 1.22 bits per heavy atom. The molecule has 10 nitrogen and oxygen atoms in total. The Morgan fingerprint density at radius 2 is 2.00 bits per heavy atom. The lowest BCUT2D eigenvalue weighted by molar-refractivity contribution is 0.0962. The molecular formula is C27H35N7O3. The van der Waals surface area contributed by atoms with Gasteiger partial charge >= 0.3 is 6.03 Å². The summed E-state index contributed by atoms with van der Waals surface area (Å²) in [7, 11) is 0. The van der Waals surface area contributed by atoms with Crippen LogP contribution >= 0.6 is 0 Å². The molecule has 3 aliphatic heterocycles. The van der Waals surface area contributed by atoms with Crippen molar-refractivity contribution in [3.63, 3.8) is 0 Å². The predicted molar refractivity (Wildman–Crippen MR) is 141 cm³/mol. The minimum absolute atomic E-state index is 0.0870. The third-order valence-corrected chi connectivity index (χ3v) is 7.09. The molecular weight excluding hydrogens is 470 g/mol. The lowest BCUT2D eigenvalue weighted by Crippen LogP contribution is -2.44. The van der Waals surface area contributed by atoms with Crippen molar-refractivity contribution in [2.24, 2.45) is 0 Å². The number of aromatic nitrogens is 1. The summed E-state index contributed by atoms with van der Waals surface area (Å²) in [5.74, 6) is 0.378. The van der Waals surface area contributed by atoms with Crippen LogP contribution in [0.15, 0.2) is 48.3 Å². The number of fused-ring (bicyclic) bond motifs is 1. The normalized spacial score (nSPS) is 22.0. The van der Waals surface area contributed by atoms with E-state index < -0.39 is 12.0 Å². The zero-order chi connectivity index (χ0) is 26.7. The van der Waals surface area contributed by atoms with Gasteiger partial charge in [0.05, 0.1) is 6.10 Å². The number of β-amino-alcohol motifs (C(OH)–C–C–N with tert-alkyl or cyclic N) is 1. The smallest absolute Gasteiger partial charge is 0.320 e. The van der Waals surface area contributed by atoms with Gasteiger partial charge in [-0.25, -0.2) is 4.79 Å². The molecule has 1 aromatic heterocycles. The number of pyridine rings is 1. The van der Waals surface area contributed by atoms with Crippen LogP contribution in [-0.4, -0.2) is 80.2 Å². The van der Waals surface area contributed by atoms with E-state index in [4.69, 9.17) is 10.8 Å². The van der Waals surface area contributed by atoms with E-state index in [1.165, 1.54) is 0 Å². The quantitative estimate of drug-likeness (QED) is 0.277. The average molecular weight is 506 g/mol. The fraction of sp³-hybridized carbons (Fsp3) is 0.444. The van der Waals surface area contributed by atoms with Gasteiger partial charge in [-0.2, -0.15) is 0 Å². The maximum absolute atomic E-state index is 12.8. The molecule has 4 N–H and O–H groups in total. The summed E-state index contributed by atoms with van der Waals surface area (Å²) in [6.45, 7) is 9.61.